The Kier molecular flexibility index (Phi) is 4.29. The minimum atomic E-state index is -0.794. The largest absolute Gasteiger partial charge is 0.369 e. The fraction of sp³-hybridized carbons (Fsp3) is 0.500. The highest BCUT2D eigenvalue weighted by atomic mass is 16.5. The summed E-state index contributed by atoms with van der Waals surface area (Å²) in [6.45, 7) is 7.52. The average Bonchev–Trinajstić information content (AvgIpc) is 2.28. The van der Waals surface area contributed by atoms with Crippen molar-refractivity contribution in [2.24, 2.45) is 0 Å². The fourth-order valence-electron chi connectivity index (χ4n) is 1.49. The molecule has 0 aliphatic rings. The molecular weight excluding hydrogens is 214 g/mol. The van der Waals surface area contributed by atoms with Gasteiger partial charge in [-0.1, -0.05) is 29.8 Å². The van der Waals surface area contributed by atoms with Crippen LogP contribution in [0, 0.1) is 6.92 Å². The molecule has 0 saturated heterocycles. The Morgan fingerprint density at radius 3 is 2.59 bits per heavy atom. The SMILES string of the molecule is COC(C)(C)C(=O)N[C@H](C)c1cccc(C)c1. The van der Waals surface area contributed by atoms with Crippen molar-refractivity contribution >= 4 is 5.91 Å². The summed E-state index contributed by atoms with van der Waals surface area (Å²) in [5, 5.41) is 2.95. The van der Waals surface area contributed by atoms with Gasteiger partial charge in [0, 0.05) is 7.11 Å². The summed E-state index contributed by atoms with van der Waals surface area (Å²) in [5.41, 5.74) is 1.50. The van der Waals surface area contributed by atoms with E-state index < -0.39 is 5.60 Å². The Hall–Kier alpha value is -1.35. The van der Waals surface area contributed by atoms with E-state index in [2.05, 4.69) is 11.4 Å². The number of benzene rings is 1. The molecule has 0 heterocycles. The molecule has 0 fully saturated rings. The first-order valence-corrected chi connectivity index (χ1v) is 5.79. The highest BCUT2D eigenvalue weighted by Gasteiger charge is 2.28. The number of carbonyl (C=O) groups is 1. The van der Waals surface area contributed by atoms with Crippen LogP contribution < -0.4 is 5.32 Å². The minimum absolute atomic E-state index is 0.0168. The van der Waals surface area contributed by atoms with Crippen LogP contribution in [0.4, 0.5) is 0 Å². The van der Waals surface area contributed by atoms with Crippen molar-refractivity contribution in [2.45, 2.75) is 39.3 Å². The highest BCUT2D eigenvalue weighted by Crippen LogP contribution is 2.16. The zero-order chi connectivity index (χ0) is 13.1. The molecule has 3 nitrogen and oxygen atoms in total. The van der Waals surface area contributed by atoms with Crippen LogP contribution in [-0.4, -0.2) is 18.6 Å². The third-order valence-corrected chi connectivity index (χ3v) is 2.95. The van der Waals surface area contributed by atoms with E-state index in [1.54, 1.807) is 13.8 Å². The molecule has 0 spiro atoms. The first kappa shape index (κ1) is 13.7. The Labute approximate surface area is 103 Å². The maximum atomic E-state index is 11.9. The molecular formula is C14H21NO2. The van der Waals surface area contributed by atoms with Crippen molar-refractivity contribution in [1.29, 1.82) is 0 Å². The summed E-state index contributed by atoms with van der Waals surface area (Å²) >= 11 is 0. The average molecular weight is 235 g/mol. The van der Waals surface area contributed by atoms with E-state index in [-0.39, 0.29) is 11.9 Å². The van der Waals surface area contributed by atoms with Crippen molar-refractivity contribution < 1.29 is 9.53 Å². The highest BCUT2D eigenvalue weighted by molar-refractivity contribution is 5.84. The number of aryl methyl sites for hydroxylation is 1. The number of methoxy groups -OCH3 is 1. The second-order valence-electron chi connectivity index (χ2n) is 4.82. The Balaban J connectivity index is 2.73. The first-order chi connectivity index (χ1) is 7.86. The molecule has 0 bridgehead atoms. The standard InChI is InChI=1S/C14H21NO2/c1-10-7-6-8-12(9-10)11(2)15-13(16)14(3,4)17-5/h6-9,11H,1-5H3,(H,15,16)/t11-/m1/s1. The molecule has 1 aromatic rings. The quantitative estimate of drug-likeness (QED) is 0.871. The molecule has 1 amide bonds. The monoisotopic (exact) mass is 235 g/mol. The van der Waals surface area contributed by atoms with E-state index in [4.69, 9.17) is 4.74 Å². The number of hydrogen-bond acceptors (Lipinski definition) is 2. The van der Waals surface area contributed by atoms with Crippen LogP contribution in [-0.2, 0) is 9.53 Å². The van der Waals surface area contributed by atoms with Gasteiger partial charge in [-0.2, -0.15) is 0 Å². The molecule has 1 N–H and O–H groups in total. The van der Waals surface area contributed by atoms with Gasteiger partial charge in [0.2, 0.25) is 0 Å². The molecule has 0 saturated carbocycles. The number of carbonyl (C=O) groups excluding carboxylic acids is 1. The summed E-state index contributed by atoms with van der Waals surface area (Å²) in [6.07, 6.45) is 0. The van der Waals surface area contributed by atoms with Gasteiger partial charge in [-0.25, -0.2) is 0 Å². The molecule has 1 atom stereocenters. The van der Waals surface area contributed by atoms with Crippen molar-refractivity contribution in [3.05, 3.63) is 35.4 Å². The van der Waals surface area contributed by atoms with Gasteiger partial charge in [-0.15, -0.1) is 0 Å². The second-order valence-corrected chi connectivity index (χ2v) is 4.82. The van der Waals surface area contributed by atoms with Gasteiger partial charge in [-0.05, 0) is 33.3 Å². The lowest BCUT2D eigenvalue weighted by atomic mass is 10.0. The summed E-state index contributed by atoms with van der Waals surface area (Å²) in [7, 11) is 1.54. The summed E-state index contributed by atoms with van der Waals surface area (Å²) < 4.78 is 5.15. The summed E-state index contributed by atoms with van der Waals surface area (Å²) in [5.74, 6) is -0.103. The topological polar surface area (TPSA) is 38.3 Å². The molecule has 0 aliphatic heterocycles. The molecule has 0 radical (unpaired) electrons. The van der Waals surface area contributed by atoms with Crippen LogP contribution in [0.2, 0.25) is 0 Å². The molecule has 3 heteroatoms. The Morgan fingerprint density at radius 1 is 1.41 bits per heavy atom. The predicted octanol–water partition coefficient (Wildman–Crippen LogP) is 2.60. The van der Waals surface area contributed by atoms with Gasteiger partial charge in [0.25, 0.3) is 5.91 Å². The van der Waals surface area contributed by atoms with Gasteiger partial charge in [-0.3, -0.25) is 4.79 Å². The van der Waals surface area contributed by atoms with Crippen molar-refractivity contribution in [1.82, 2.24) is 5.32 Å². The number of amides is 1. The summed E-state index contributed by atoms with van der Waals surface area (Å²) in [4.78, 5) is 11.9. The zero-order valence-corrected chi connectivity index (χ0v) is 11.2. The van der Waals surface area contributed by atoms with Gasteiger partial charge < -0.3 is 10.1 Å². The van der Waals surface area contributed by atoms with E-state index in [0.717, 1.165) is 5.56 Å². The second kappa shape index (κ2) is 5.32. The normalized spacial score (nSPS) is 13.2. The van der Waals surface area contributed by atoms with E-state index in [1.165, 1.54) is 12.7 Å². The molecule has 0 unspecified atom stereocenters. The molecule has 0 aromatic heterocycles. The Morgan fingerprint density at radius 2 is 2.06 bits per heavy atom. The Bertz CT molecular complexity index is 399. The maximum Gasteiger partial charge on any atom is 0.252 e. The van der Waals surface area contributed by atoms with Gasteiger partial charge in [0.1, 0.15) is 5.60 Å². The fourth-order valence-corrected chi connectivity index (χ4v) is 1.49. The summed E-state index contributed by atoms with van der Waals surface area (Å²) in [6, 6.07) is 8.10. The molecule has 0 aliphatic carbocycles. The van der Waals surface area contributed by atoms with Crippen molar-refractivity contribution in [3.63, 3.8) is 0 Å². The number of rotatable bonds is 4. The third-order valence-electron chi connectivity index (χ3n) is 2.95. The molecule has 1 rings (SSSR count). The van der Waals surface area contributed by atoms with Gasteiger partial charge in [0.05, 0.1) is 6.04 Å². The van der Waals surface area contributed by atoms with Crippen LogP contribution in [0.15, 0.2) is 24.3 Å². The lowest BCUT2D eigenvalue weighted by Gasteiger charge is -2.24. The van der Waals surface area contributed by atoms with Gasteiger partial charge >= 0.3 is 0 Å². The molecule has 1 aromatic carbocycles. The molecule has 17 heavy (non-hydrogen) atoms. The van der Waals surface area contributed by atoms with Gasteiger partial charge in [0.15, 0.2) is 0 Å². The van der Waals surface area contributed by atoms with Crippen LogP contribution in [0.1, 0.15) is 37.9 Å². The number of hydrogen-bond donors (Lipinski definition) is 1. The van der Waals surface area contributed by atoms with E-state index in [0.29, 0.717) is 0 Å². The van der Waals surface area contributed by atoms with E-state index in [9.17, 15) is 4.79 Å². The number of ether oxygens (including phenoxy) is 1. The number of nitrogens with one attached hydrogen (secondary N) is 1. The smallest absolute Gasteiger partial charge is 0.252 e. The minimum Gasteiger partial charge on any atom is -0.369 e. The maximum absolute atomic E-state index is 11.9. The third kappa shape index (κ3) is 3.56. The van der Waals surface area contributed by atoms with Crippen molar-refractivity contribution in [3.8, 4) is 0 Å². The molecule has 94 valence electrons. The van der Waals surface area contributed by atoms with Crippen molar-refractivity contribution in [2.75, 3.05) is 7.11 Å². The lowest BCUT2D eigenvalue weighted by molar-refractivity contribution is -0.140. The van der Waals surface area contributed by atoms with E-state index >= 15 is 0 Å². The van der Waals surface area contributed by atoms with Crippen LogP contribution in [0.25, 0.3) is 0 Å². The van der Waals surface area contributed by atoms with Crippen LogP contribution in [0.5, 0.6) is 0 Å². The van der Waals surface area contributed by atoms with Crippen LogP contribution >= 0.6 is 0 Å². The zero-order valence-electron chi connectivity index (χ0n) is 11.2. The first-order valence-electron chi connectivity index (χ1n) is 5.79. The van der Waals surface area contributed by atoms with Crippen LogP contribution in [0.3, 0.4) is 0 Å². The lowest BCUT2D eigenvalue weighted by Crippen LogP contribution is -2.44. The predicted molar refractivity (Wildman–Crippen MR) is 68.8 cm³/mol. The van der Waals surface area contributed by atoms with E-state index in [1.807, 2.05) is 32.0 Å².